The molecule has 1 saturated heterocycles. The molecule has 0 amide bonds. The summed E-state index contributed by atoms with van der Waals surface area (Å²) in [7, 11) is 0. The Hall–Kier alpha value is -2.93. The number of hydrogen-bond acceptors (Lipinski definition) is 5. The molecule has 1 aliphatic heterocycles. The first-order valence-electron chi connectivity index (χ1n) is 10.5. The van der Waals surface area contributed by atoms with Crippen LogP contribution in [0.3, 0.4) is 0 Å². The molecular weight excluding hydrogens is 410 g/mol. The SMILES string of the molecule is Clc1ccccc1-n1cc(-c2ccccc2)c2c(NCCN3CCOCC3)ncnc21. The predicted molar refractivity (Wildman–Crippen MR) is 125 cm³/mol. The van der Waals surface area contributed by atoms with Crippen LogP contribution in [0.25, 0.3) is 27.8 Å². The Kier molecular flexibility index (Phi) is 5.84. The van der Waals surface area contributed by atoms with Gasteiger partial charge in [0, 0.05) is 37.9 Å². The van der Waals surface area contributed by atoms with Crippen molar-refractivity contribution in [1.82, 2.24) is 19.4 Å². The third kappa shape index (κ3) is 4.14. The van der Waals surface area contributed by atoms with Crippen molar-refractivity contribution in [2.24, 2.45) is 0 Å². The topological polar surface area (TPSA) is 55.2 Å². The van der Waals surface area contributed by atoms with Gasteiger partial charge in [0.1, 0.15) is 12.1 Å². The van der Waals surface area contributed by atoms with Crippen LogP contribution in [0.5, 0.6) is 0 Å². The van der Waals surface area contributed by atoms with E-state index in [9.17, 15) is 0 Å². The van der Waals surface area contributed by atoms with Gasteiger partial charge in [0.05, 0.1) is 29.3 Å². The van der Waals surface area contributed by atoms with Crippen molar-refractivity contribution >= 4 is 28.5 Å². The van der Waals surface area contributed by atoms with Gasteiger partial charge in [0.25, 0.3) is 0 Å². The monoisotopic (exact) mass is 433 g/mol. The van der Waals surface area contributed by atoms with Crippen LogP contribution in [0.15, 0.2) is 67.1 Å². The van der Waals surface area contributed by atoms with Gasteiger partial charge < -0.3 is 10.1 Å². The summed E-state index contributed by atoms with van der Waals surface area (Å²) >= 11 is 6.53. The van der Waals surface area contributed by atoms with Crippen LogP contribution in [-0.2, 0) is 4.74 Å². The summed E-state index contributed by atoms with van der Waals surface area (Å²) < 4.78 is 7.50. The maximum absolute atomic E-state index is 6.53. The number of aromatic nitrogens is 3. The molecule has 31 heavy (non-hydrogen) atoms. The minimum absolute atomic E-state index is 0.680. The summed E-state index contributed by atoms with van der Waals surface area (Å²) in [4.78, 5) is 11.6. The highest BCUT2D eigenvalue weighted by molar-refractivity contribution is 6.32. The van der Waals surface area contributed by atoms with Crippen molar-refractivity contribution in [3.63, 3.8) is 0 Å². The molecule has 0 saturated carbocycles. The van der Waals surface area contributed by atoms with Gasteiger partial charge in [-0.2, -0.15) is 0 Å². The maximum atomic E-state index is 6.53. The zero-order valence-electron chi connectivity index (χ0n) is 17.2. The lowest BCUT2D eigenvalue weighted by Crippen LogP contribution is -2.39. The van der Waals surface area contributed by atoms with E-state index in [4.69, 9.17) is 16.3 Å². The largest absolute Gasteiger partial charge is 0.379 e. The average Bonchev–Trinajstić information content (AvgIpc) is 3.21. The molecule has 1 N–H and O–H groups in total. The summed E-state index contributed by atoms with van der Waals surface area (Å²) in [6.45, 7) is 5.30. The van der Waals surface area contributed by atoms with Gasteiger partial charge in [0.2, 0.25) is 0 Å². The van der Waals surface area contributed by atoms with Crippen molar-refractivity contribution in [2.45, 2.75) is 0 Å². The second-order valence-corrected chi connectivity index (χ2v) is 7.94. The molecule has 3 heterocycles. The first kappa shape index (κ1) is 20.0. The lowest BCUT2D eigenvalue weighted by Gasteiger charge is -2.26. The lowest BCUT2D eigenvalue weighted by molar-refractivity contribution is 0.0398. The molecule has 6 nitrogen and oxygen atoms in total. The van der Waals surface area contributed by atoms with E-state index in [1.165, 1.54) is 0 Å². The number of benzene rings is 2. The van der Waals surface area contributed by atoms with Gasteiger partial charge >= 0.3 is 0 Å². The van der Waals surface area contributed by atoms with Crippen LogP contribution in [0.1, 0.15) is 0 Å². The van der Waals surface area contributed by atoms with E-state index in [0.29, 0.717) is 5.02 Å². The zero-order chi connectivity index (χ0) is 21.0. The second kappa shape index (κ2) is 9.06. The maximum Gasteiger partial charge on any atom is 0.150 e. The quantitative estimate of drug-likeness (QED) is 0.485. The zero-order valence-corrected chi connectivity index (χ0v) is 17.9. The number of anilines is 1. The van der Waals surface area contributed by atoms with Crippen molar-refractivity contribution < 1.29 is 4.74 Å². The number of ether oxygens (including phenoxy) is 1. The predicted octanol–water partition coefficient (Wildman–Crippen LogP) is 4.49. The van der Waals surface area contributed by atoms with Crippen molar-refractivity contribution in [3.05, 3.63) is 72.1 Å². The van der Waals surface area contributed by atoms with E-state index in [-0.39, 0.29) is 0 Å². The van der Waals surface area contributed by atoms with Crippen molar-refractivity contribution in [2.75, 3.05) is 44.7 Å². The summed E-state index contributed by atoms with van der Waals surface area (Å²) in [5.74, 6) is 0.836. The van der Waals surface area contributed by atoms with Gasteiger partial charge in [-0.25, -0.2) is 9.97 Å². The lowest BCUT2D eigenvalue weighted by atomic mass is 10.1. The summed E-state index contributed by atoms with van der Waals surface area (Å²) in [5.41, 5.74) is 3.92. The normalized spacial score (nSPS) is 14.7. The Morgan fingerprint density at radius 1 is 0.968 bits per heavy atom. The summed E-state index contributed by atoms with van der Waals surface area (Å²) in [5, 5.41) is 5.22. The van der Waals surface area contributed by atoms with E-state index < -0.39 is 0 Å². The van der Waals surface area contributed by atoms with Crippen LogP contribution in [0.4, 0.5) is 5.82 Å². The molecular formula is C24H24ClN5O. The van der Waals surface area contributed by atoms with Crippen LogP contribution >= 0.6 is 11.6 Å². The second-order valence-electron chi connectivity index (χ2n) is 7.53. The van der Waals surface area contributed by atoms with Gasteiger partial charge in [-0.3, -0.25) is 9.47 Å². The minimum atomic E-state index is 0.680. The van der Waals surface area contributed by atoms with E-state index >= 15 is 0 Å². The van der Waals surface area contributed by atoms with Gasteiger partial charge in [-0.1, -0.05) is 54.1 Å². The molecule has 0 atom stereocenters. The Morgan fingerprint density at radius 3 is 2.55 bits per heavy atom. The third-order valence-corrected chi connectivity index (χ3v) is 5.92. The Bertz CT molecular complexity index is 1170. The van der Waals surface area contributed by atoms with Crippen LogP contribution in [0, 0.1) is 0 Å². The van der Waals surface area contributed by atoms with E-state index in [1.807, 2.05) is 42.5 Å². The van der Waals surface area contributed by atoms with Crippen molar-refractivity contribution in [3.8, 4) is 16.8 Å². The molecule has 2 aromatic carbocycles. The molecule has 5 rings (SSSR count). The molecule has 1 fully saturated rings. The van der Waals surface area contributed by atoms with Gasteiger partial charge in [-0.15, -0.1) is 0 Å². The number of morpholine rings is 1. The molecule has 2 aromatic heterocycles. The number of halogens is 1. The molecule has 0 bridgehead atoms. The highest BCUT2D eigenvalue weighted by Crippen LogP contribution is 2.36. The van der Waals surface area contributed by atoms with Gasteiger partial charge in [-0.05, 0) is 17.7 Å². The van der Waals surface area contributed by atoms with E-state index in [2.05, 4.69) is 43.1 Å². The average molecular weight is 434 g/mol. The molecule has 7 heteroatoms. The number of para-hydroxylation sites is 1. The number of hydrogen-bond donors (Lipinski definition) is 1. The van der Waals surface area contributed by atoms with Crippen LogP contribution < -0.4 is 5.32 Å². The Labute approximate surface area is 186 Å². The van der Waals surface area contributed by atoms with Crippen LogP contribution in [-0.4, -0.2) is 58.8 Å². The molecule has 4 aromatic rings. The summed E-state index contributed by atoms with van der Waals surface area (Å²) in [6, 6.07) is 18.1. The number of rotatable bonds is 6. The van der Waals surface area contributed by atoms with E-state index in [1.54, 1.807) is 6.33 Å². The van der Waals surface area contributed by atoms with E-state index in [0.717, 1.165) is 73.1 Å². The third-order valence-electron chi connectivity index (χ3n) is 5.60. The van der Waals surface area contributed by atoms with Crippen molar-refractivity contribution in [1.29, 1.82) is 0 Å². The number of fused-ring (bicyclic) bond motifs is 1. The molecule has 0 radical (unpaired) electrons. The highest BCUT2D eigenvalue weighted by atomic mass is 35.5. The highest BCUT2D eigenvalue weighted by Gasteiger charge is 2.18. The first-order chi connectivity index (χ1) is 15.3. The minimum Gasteiger partial charge on any atom is -0.379 e. The first-order valence-corrected chi connectivity index (χ1v) is 10.9. The Morgan fingerprint density at radius 2 is 1.74 bits per heavy atom. The summed E-state index contributed by atoms with van der Waals surface area (Å²) in [6.07, 6.45) is 3.71. The molecule has 0 aliphatic carbocycles. The van der Waals surface area contributed by atoms with Gasteiger partial charge in [0.15, 0.2) is 5.65 Å². The molecule has 0 unspecified atom stereocenters. The fourth-order valence-corrected chi connectivity index (χ4v) is 4.25. The Balaban J connectivity index is 1.56. The number of nitrogens with zero attached hydrogens (tertiary/aromatic N) is 4. The number of nitrogens with one attached hydrogen (secondary N) is 1. The molecule has 158 valence electrons. The standard InChI is InChI=1S/C24H24ClN5O/c25-20-8-4-5-9-21(20)30-16-19(18-6-2-1-3-7-18)22-23(27-17-28-24(22)30)26-10-11-29-12-14-31-15-13-29/h1-9,16-17H,10-15H2,(H,26,27,28). The smallest absolute Gasteiger partial charge is 0.150 e. The fraction of sp³-hybridized carbons (Fsp3) is 0.250. The fourth-order valence-electron chi connectivity index (χ4n) is 4.02. The molecule has 0 spiro atoms. The molecule has 1 aliphatic rings. The van der Waals surface area contributed by atoms with Crippen LogP contribution in [0.2, 0.25) is 5.02 Å².